The molecule has 2 aliphatic heterocycles. The molecule has 1 saturated heterocycles. The normalized spacial score (nSPS) is 27.3. The molecular weight excluding hydrogens is 338 g/mol. The maximum absolute atomic E-state index is 12.5. The van der Waals surface area contributed by atoms with Gasteiger partial charge in [-0.15, -0.1) is 0 Å². The third-order valence-electron chi connectivity index (χ3n) is 5.09. The molecule has 3 aliphatic rings. The lowest BCUT2D eigenvalue weighted by molar-refractivity contribution is -0.135. The Hall–Kier alpha value is -2.77. The fourth-order valence-electron chi connectivity index (χ4n) is 3.39. The van der Waals surface area contributed by atoms with E-state index in [1.165, 1.54) is 0 Å². The number of imide groups is 1. The Kier molecular flexibility index (Phi) is 3.97. The molecule has 26 heavy (non-hydrogen) atoms. The first kappa shape index (κ1) is 16.7. The van der Waals surface area contributed by atoms with Crippen molar-refractivity contribution in [2.75, 3.05) is 19.7 Å². The molecule has 1 aliphatic carbocycles. The van der Waals surface area contributed by atoms with Crippen molar-refractivity contribution in [3.05, 3.63) is 24.3 Å². The molecule has 0 aromatic heterocycles. The number of nitrogens with zero attached hydrogens (tertiary/aromatic N) is 1. The summed E-state index contributed by atoms with van der Waals surface area (Å²) in [6.07, 6.45) is 1.51. The summed E-state index contributed by atoms with van der Waals surface area (Å²) in [5.41, 5.74) is -0.874. The van der Waals surface area contributed by atoms with Crippen LogP contribution in [0.2, 0.25) is 0 Å². The topological polar surface area (TPSA) is 97.0 Å². The Balaban J connectivity index is 1.30. The van der Waals surface area contributed by atoms with Gasteiger partial charge in [-0.1, -0.05) is 12.1 Å². The summed E-state index contributed by atoms with van der Waals surface area (Å²) in [7, 11) is 0. The smallest absolute Gasteiger partial charge is 0.325 e. The second-order valence-electron chi connectivity index (χ2n) is 7.10. The molecule has 0 spiro atoms. The lowest BCUT2D eigenvalue weighted by Gasteiger charge is -2.26. The first-order valence-electron chi connectivity index (χ1n) is 8.76. The number of nitrogens with one attached hydrogen (secondary N) is 2. The number of para-hydroxylation sites is 2. The zero-order chi connectivity index (χ0) is 18.3. The fraction of sp³-hybridized carbons (Fsp3) is 0.500. The van der Waals surface area contributed by atoms with Crippen molar-refractivity contribution in [3.63, 3.8) is 0 Å². The molecular formula is C18H21N3O5. The van der Waals surface area contributed by atoms with Gasteiger partial charge in [0.15, 0.2) is 11.5 Å². The zero-order valence-corrected chi connectivity index (χ0v) is 14.5. The minimum Gasteiger partial charge on any atom is -0.486 e. The summed E-state index contributed by atoms with van der Waals surface area (Å²) in [6, 6.07) is 6.81. The maximum atomic E-state index is 12.5. The van der Waals surface area contributed by atoms with Gasteiger partial charge in [-0.2, -0.15) is 0 Å². The van der Waals surface area contributed by atoms with Crippen LogP contribution < -0.4 is 20.1 Å². The fourth-order valence-corrected chi connectivity index (χ4v) is 3.39. The molecule has 2 N–H and O–H groups in total. The number of hydrogen-bond acceptors (Lipinski definition) is 5. The van der Waals surface area contributed by atoms with E-state index in [0.29, 0.717) is 18.1 Å². The highest BCUT2D eigenvalue weighted by Crippen LogP contribution is 2.42. The second kappa shape index (κ2) is 6.19. The van der Waals surface area contributed by atoms with Gasteiger partial charge in [-0.05, 0) is 37.8 Å². The number of carbonyl (C=O) groups excluding carboxylic acids is 3. The molecule has 4 rings (SSSR count). The number of fused-ring (bicyclic) bond motifs is 1. The monoisotopic (exact) mass is 359 g/mol. The van der Waals surface area contributed by atoms with Gasteiger partial charge in [0.05, 0.1) is 6.54 Å². The van der Waals surface area contributed by atoms with Crippen LogP contribution in [0.1, 0.15) is 19.8 Å². The Bertz CT molecular complexity index is 763. The number of carbonyl (C=O) groups is 3. The SMILES string of the molecule is C[C@]1(C2CC2)NC(=O)N(CC(=O)NC[C@@H]2COc3ccccc3O2)C1=O. The maximum Gasteiger partial charge on any atom is 0.325 e. The van der Waals surface area contributed by atoms with E-state index in [2.05, 4.69) is 10.6 Å². The number of urea groups is 1. The first-order valence-corrected chi connectivity index (χ1v) is 8.76. The van der Waals surface area contributed by atoms with Gasteiger partial charge >= 0.3 is 6.03 Å². The van der Waals surface area contributed by atoms with Crippen molar-refractivity contribution in [2.24, 2.45) is 5.92 Å². The van der Waals surface area contributed by atoms with Crippen molar-refractivity contribution in [3.8, 4) is 11.5 Å². The van der Waals surface area contributed by atoms with E-state index in [1.54, 1.807) is 13.0 Å². The lowest BCUT2D eigenvalue weighted by atomic mass is 9.96. The summed E-state index contributed by atoms with van der Waals surface area (Å²) < 4.78 is 11.4. The van der Waals surface area contributed by atoms with Gasteiger partial charge in [-0.25, -0.2) is 4.79 Å². The standard InChI is InChI=1S/C18H21N3O5/c1-18(11-6-7-11)16(23)21(17(24)20-18)9-15(22)19-8-12-10-25-13-4-2-3-5-14(13)26-12/h2-5,11-12H,6-10H2,1H3,(H,19,22)(H,20,24)/t12-,18-/m1/s1. The number of ether oxygens (including phenoxy) is 2. The van der Waals surface area contributed by atoms with Crippen LogP contribution in [-0.2, 0) is 9.59 Å². The summed E-state index contributed by atoms with van der Waals surface area (Å²) in [5.74, 6) is 0.739. The summed E-state index contributed by atoms with van der Waals surface area (Å²) >= 11 is 0. The van der Waals surface area contributed by atoms with Crippen LogP contribution in [0.15, 0.2) is 24.3 Å². The first-order chi connectivity index (χ1) is 12.5. The molecule has 4 amide bonds. The molecule has 1 aromatic carbocycles. The third-order valence-corrected chi connectivity index (χ3v) is 5.09. The van der Waals surface area contributed by atoms with E-state index in [-0.39, 0.29) is 31.0 Å². The van der Waals surface area contributed by atoms with Crippen molar-refractivity contribution in [2.45, 2.75) is 31.4 Å². The minimum absolute atomic E-state index is 0.167. The van der Waals surface area contributed by atoms with Crippen LogP contribution in [0.25, 0.3) is 0 Å². The summed E-state index contributed by atoms with van der Waals surface area (Å²) in [5, 5.41) is 5.43. The van der Waals surface area contributed by atoms with Crippen LogP contribution in [0.4, 0.5) is 4.79 Å². The molecule has 2 heterocycles. The van der Waals surface area contributed by atoms with E-state index in [1.807, 2.05) is 18.2 Å². The Morgan fingerprint density at radius 1 is 1.31 bits per heavy atom. The zero-order valence-electron chi connectivity index (χ0n) is 14.5. The van der Waals surface area contributed by atoms with E-state index in [0.717, 1.165) is 17.7 Å². The van der Waals surface area contributed by atoms with Gasteiger partial charge in [-0.3, -0.25) is 14.5 Å². The van der Waals surface area contributed by atoms with Crippen LogP contribution >= 0.6 is 0 Å². The predicted octanol–water partition coefficient (Wildman–Crippen LogP) is 0.663. The number of amides is 4. The van der Waals surface area contributed by atoms with Gasteiger partial charge in [0.1, 0.15) is 24.8 Å². The molecule has 0 radical (unpaired) electrons. The largest absolute Gasteiger partial charge is 0.486 e. The molecule has 0 bridgehead atoms. The minimum atomic E-state index is -0.874. The van der Waals surface area contributed by atoms with Gasteiger partial charge < -0.3 is 20.1 Å². The van der Waals surface area contributed by atoms with E-state index < -0.39 is 17.5 Å². The molecule has 2 atom stereocenters. The van der Waals surface area contributed by atoms with Crippen LogP contribution in [0.3, 0.4) is 0 Å². The van der Waals surface area contributed by atoms with Crippen molar-refractivity contribution < 1.29 is 23.9 Å². The van der Waals surface area contributed by atoms with Gasteiger partial charge in [0.2, 0.25) is 5.91 Å². The molecule has 8 heteroatoms. The number of hydrogen-bond donors (Lipinski definition) is 2. The quantitative estimate of drug-likeness (QED) is 0.753. The second-order valence-corrected chi connectivity index (χ2v) is 7.10. The van der Waals surface area contributed by atoms with Gasteiger partial charge in [0.25, 0.3) is 5.91 Å². The highest BCUT2D eigenvalue weighted by Gasteiger charge is 2.56. The van der Waals surface area contributed by atoms with Crippen LogP contribution in [-0.4, -0.2) is 54.1 Å². The predicted molar refractivity (Wildman–Crippen MR) is 90.7 cm³/mol. The van der Waals surface area contributed by atoms with E-state index >= 15 is 0 Å². The Labute approximate surface area is 150 Å². The molecule has 8 nitrogen and oxygen atoms in total. The number of benzene rings is 1. The van der Waals surface area contributed by atoms with Crippen molar-refractivity contribution >= 4 is 17.8 Å². The average molecular weight is 359 g/mol. The number of rotatable bonds is 5. The Morgan fingerprint density at radius 3 is 2.77 bits per heavy atom. The third kappa shape index (κ3) is 2.95. The van der Waals surface area contributed by atoms with Crippen molar-refractivity contribution in [1.29, 1.82) is 0 Å². The molecule has 138 valence electrons. The van der Waals surface area contributed by atoms with Gasteiger partial charge in [0, 0.05) is 0 Å². The highest BCUT2D eigenvalue weighted by molar-refractivity contribution is 6.09. The molecule has 1 saturated carbocycles. The van der Waals surface area contributed by atoms with Crippen molar-refractivity contribution in [1.82, 2.24) is 15.5 Å². The van der Waals surface area contributed by atoms with Crippen LogP contribution in [0, 0.1) is 5.92 Å². The van der Waals surface area contributed by atoms with E-state index in [9.17, 15) is 14.4 Å². The van der Waals surface area contributed by atoms with Crippen LogP contribution in [0.5, 0.6) is 11.5 Å². The van der Waals surface area contributed by atoms with E-state index in [4.69, 9.17) is 9.47 Å². The lowest BCUT2D eigenvalue weighted by Crippen LogP contribution is -2.48. The summed E-state index contributed by atoms with van der Waals surface area (Å²) in [4.78, 5) is 37.8. The summed E-state index contributed by atoms with van der Waals surface area (Å²) in [6.45, 7) is 1.99. The molecule has 2 fully saturated rings. The highest BCUT2D eigenvalue weighted by atomic mass is 16.6. The average Bonchev–Trinajstić information content (AvgIpc) is 3.46. The molecule has 0 unspecified atom stereocenters. The Morgan fingerprint density at radius 2 is 2.04 bits per heavy atom. The molecule has 1 aromatic rings.